The van der Waals surface area contributed by atoms with Gasteiger partial charge < -0.3 is 9.88 Å². The van der Waals surface area contributed by atoms with Crippen molar-refractivity contribution >= 4 is 21.8 Å². The van der Waals surface area contributed by atoms with Gasteiger partial charge in [0.25, 0.3) is 5.91 Å². The first-order valence-corrected chi connectivity index (χ1v) is 8.21. The lowest BCUT2D eigenvalue weighted by Gasteiger charge is -2.40. The van der Waals surface area contributed by atoms with Gasteiger partial charge in [-0.05, 0) is 46.2 Å². The van der Waals surface area contributed by atoms with E-state index >= 15 is 0 Å². The van der Waals surface area contributed by atoms with Crippen LogP contribution in [0.15, 0.2) is 16.7 Å². The minimum Gasteiger partial charge on any atom is -0.348 e. The van der Waals surface area contributed by atoms with Gasteiger partial charge in [0, 0.05) is 23.8 Å². The summed E-state index contributed by atoms with van der Waals surface area (Å²) in [7, 11) is 1.90. The second-order valence-corrected chi connectivity index (χ2v) is 7.91. The van der Waals surface area contributed by atoms with Crippen LogP contribution in [0.4, 0.5) is 0 Å². The molecule has 2 unspecified atom stereocenters. The maximum Gasteiger partial charge on any atom is 0.268 e. The first kappa shape index (κ1) is 15.6. The molecule has 4 heteroatoms. The Hall–Kier alpha value is -0.770. The third-order valence-corrected chi connectivity index (χ3v) is 4.83. The summed E-state index contributed by atoms with van der Waals surface area (Å²) in [5.41, 5.74) is 0.961. The maximum absolute atomic E-state index is 12.5. The van der Waals surface area contributed by atoms with Gasteiger partial charge in [0.1, 0.15) is 5.69 Å². The molecular weight excluding hydrogens is 316 g/mol. The normalized spacial score (nSPS) is 23.6. The average Bonchev–Trinajstić information content (AvgIpc) is 2.68. The minimum absolute atomic E-state index is 0.0411. The van der Waals surface area contributed by atoms with Gasteiger partial charge in [-0.15, -0.1) is 0 Å². The predicted octanol–water partition coefficient (Wildman–Crippen LogP) is 4.12. The first-order valence-electron chi connectivity index (χ1n) is 7.42. The van der Waals surface area contributed by atoms with Crippen molar-refractivity contribution < 1.29 is 4.79 Å². The monoisotopic (exact) mass is 340 g/mol. The maximum atomic E-state index is 12.5. The summed E-state index contributed by atoms with van der Waals surface area (Å²) >= 11 is 3.42. The van der Waals surface area contributed by atoms with Crippen molar-refractivity contribution in [1.82, 2.24) is 9.88 Å². The molecule has 0 bridgehead atoms. The number of carbonyl (C=O) groups excluding carboxylic acids is 1. The number of hydrogen-bond donors (Lipinski definition) is 1. The first-order chi connectivity index (χ1) is 9.29. The van der Waals surface area contributed by atoms with Crippen LogP contribution >= 0.6 is 15.9 Å². The molecule has 2 rings (SSSR count). The summed E-state index contributed by atoms with van der Waals surface area (Å²) in [6.07, 6.45) is 6.72. The van der Waals surface area contributed by atoms with E-state index in [1.165, 1.54) is 19.3 Å². The number of amides is 1. The van der Waals surface area contributed by atoms with Gasteiger partial charge in [-0.2, -0.15) is 0 Å². The molecule has 1 aromatic rings. The Labute approximate surface area is 130 Å². The van der Waals surface area contributed by atoms with Crippen molar-refractivity contribution in [3.05, 3.63) is 22.4 Å². The Morgan fingerprint density at radius 2 is 2.00 bits per heavy atom. The predicted molar refractivity (Wildman–Crippen MR) is 85.8 cm³/mol. The van der Waals surface area contributed by atoms with Crippen molar-refractivity contribution in [3.8, 4) is 0 Å². The quantitative estimate of drug-likeness (QED) is 0.863. The Morgan fingerprint density at radius 3 is 2.55 bits per heavy atom. The molecule has 0 radical (unpaired) electrons. The number of hydrogen-bond acceptors (Lipinski definition) is 1. The van der Waals surface area contributed by atoms with Crippen molar-refractivity contribution in [2.75, 3.05) is 0 Å². The van der Waals surface area contributed by atoms with Crippen LogP contribution in [0.1, 0.15) is 56.9 Å². The molecule has 20 heavy (non-hydrogen) atoms. The molecule has 1 aromatic heterocycles. The highest BCUT2D eigenvalue weighted by Crippen LogP contribution is 2.38. The van der Waals surface area contributed by atoms with Crippen LogP contribution in [0, 0.1) is 11.3 Å². The molecule has 3 nitrogen and oxygen atoms in total. The molecule has 1 N–H and O–H groups in total. The zero-order valence-corrected chi connectivity index (χ0v) is 14.5. The lowest BCUT2D eigenvalue weighted by molar-refractivity contribution is 0.0822. The molecule has 0 saturated heterocycles. The summed E-state index contributed by atoms with van der Waals surface area (Å²) < 4.78 is 2.81. The van der Waals surface area contributed by atoms with E-state index in [-0.39, 0.29) is 11.3 Å². The summed E-state index contributed by atoms with van der Waals surface area (Å²) in [6.45, 7) is 6.84. The van der Waals surface area contributed by atoms with Crippen LogP contribution in [0.3, 0.4) is 0 Å². The molecule has 1 heterocycles. The SMILES string of the molecule is Cn1cc(Br)cc1C(=O)NC1CCCCC1C(C)(C)C. The number of rotatable bonds is 2. The Kier molecular flexibility index (Phi) is 4.62. The van der Waals surface area contributed by atoms with Gasteiger partial charge in [0.15, 0.2) is 0 Å². The summed E-state index contributed by atoms with van der Waals surface area (Å²) in [5.74, 6) is 0.600. The Balaban J connectivity index is 2.11. The molecule has 0 aromatic carbocycles. The smallest absolute Gasteiger partial charge is 0.268 e. The van der Waals surface area contributed by atoms with Crippen LogP contribution in [-0.2, 0) is 7.05 Å². The topological polar surface area (TPSA) is 34.0 Å². The van der Waals surface area contributed by atoms with Gasteiger partial charge >= 0.3 is 0 Å². The number of aryl methyl sites for hydroxylation is 1. The molecule has 1 saturated carbocycles. The molecule has 1 fully saturated rings. The van der Waals surface area contributed by atoms with Crippen molar-refractivity contribution in [1.29, 1.82) is 0 Å². The van der Waals surface area contributed by atoms with Crippen LogP contribution in [0.2, 0.25) is 0 Å². The van der Waals surface area contributed by atoms with Crippen molar-refractivity contribution in [2.45, 2.75) is 52.5 Å². The molecule has 1 aliphatic rings. The van der Waals surface area contributed by atoms with Gasteiger partial charge in [-0.25, -0.2) is 0 Å². The average molecular weight is 341 g/mol. The number of aromatic nitrogens is 1. The van der Waals surface area contributed by atoms with Crippen LogP contribution < -0.4 is 5.32 Å². The highest BCUT2D eigenvalue weighted by Gasteiger charge is 2.35. The van der Waals surface area contributed by atoms with E-state index in [1.807, 2.05) is 23.9 Å². The van der Waals surface area contributed by atoms with Gasteiger partial charge in [-0.1, -0.05) is 33.6 Å². The fraction of sp³-hybridized carbons (Fsp3) is 0.688. The van der Waals surface area contributed by atoms with Crippen molar-refractivity contribution in [3.63, 3.8) is 0 Å². The van der Waals surface area contributed by atoms with Crippen molar-refractivity contribution in [2.24, 2.45) is 18.4 Å². The Bertz CT molecular complexity index is 487. The summed E-state index contributed by atoms with van der Waals surface area (Å²) in [5, 5.41) is 3.27. The van der Waals surface area contributed by atoms with Crippen LogP contribution in [0.25, 0.3) is 0 Å². The van der Waals surface area contributed by atoms with E-state index in [4.69, 9.17) is 0 Å². The van der Waals surface area contributed by atoms with E-state index in [1.54, 1.807) is 0 Å². The molecule has 1 aliphatic carbocycles. The van der Waals surface area contributed by atoms with E-state index in [0.717, 1.165) is 16.6 Å². The number of halogens is 1. The van der Waals surface area contributed by atoms with Crippen LogP contribution in [-0.4, -0.2) is 16.5 Å². The summed E-state index contributed by atoms with van der Waals surface area (Å²) in [6, 6.07) is 2.18. The zero-order valence-electron chi connectivity index (χ0n) is 12.9. The standard InChI is InChI=1S/C16H25BrN2O/c1-16(2,3)12-7-5-6-8-13(12)18-15(20)14-9-11(17)10-19(14)4/h9-10,12-13H,5-8H2,1-4H3,(H,18,20). The fourth-order valence-electron chi connectivity index (χ4n) is 3.33. The minimum atomic E-state index is 0.0411. The molecule has 0 spiro atoms. The number of nitrogens with zero attached hydrogens (tertiary/aromatic N) is 1. The van der Waals surface area contributed by atoms with Gasteiger partial charge in [-0.3, -0.25) is 4.79 Å². The fourth-order valence-corrected chi connectivity index (χ4v) is 3.86. The molecule has 0 aliphatic heterocycles. The van der Waals surface area contributed by atoms with E-state index in [9.17, 15) is 4.79 Å². The molecule has 112 valence electrons. The molecule has 2 atom stereocenters. The van der Waals surface area contributed by atoms with E-state index < -0.39 is 0 Å². The third kappa shape index (κ3) is 3.46. The van der Waals surface area contributed by atoms with E-state index in [2.05, 4.69) is 42.0 Å². The largest absolute Gasteiger partial charge is 0.348 e. The lowest BCUT2D eigenvalue weighted by Crippen LogP contribution is -2.47. The third-order valence-electron chi connectivity index (χ3n) is 4.40. The molecule has 1 amide bonds. The van der Waals surface area contributed by atoms with E-state index in [0.29, 0.717) is 12.0 Å². The summed E-state index contributed by atoms with van der Waals surface area (Å²) in [4.78, 5) is 12.5. The second kappa shape index (κ2) is 5.92. The molecular formula is C16H25BrN2O. The second-order valence-electron chi connectivity index (χ2n) is 6.99. The highest BCUT2D eigenvalue weighted by atomic mass is 79.9. The van der Waals surface area contributed by atoms with Gasteiger partial charge in [0.05, 0.1) is 0 Å². The van der Waals surface area contributed by atoms with Gasteiger partial charge in [0.2, 0.25) is 0 Å². The Morgan fingerprint density at radius 1 is 1.35 bits per heavy atom. The van der Waals surface area contributed by atoms with Crippen LogP contribution in [0.5, 0.6) is 0 Å². The number of nitrogens with one attached hydrogen (secondary N) is 1. The lowest BCUT2D eigenvalue weighted by atomic mass is 9.69. The highest BCUT2D eigenvalue weighted by molar-refractivity contribution is 9.10. The zero-order chi connectivity index (χ0) is 14.9. The number of carbonyl (C=O) groups is 1.